The first-order chi connectivity index (χ1) is 6.06. The van der Waals surface area contributed by atoms with E-state index >= 15 is 0 Å². The monoisotopic (exact) mass is 185 g/mol. The quantitative estimate of drug-likeness (QED) is 0.564. The third-order valence-electron chi connectivity index (χ3n) is 2.19. The molecule has 1 saturated carbocycles. The molecule has 5 heteroatoms. The maximum absolute atomic E-state index is 11.4. The molecule has 0 saturated heterocycles. The standard InChI is InChI=1S/C8H15N3O2/c1-10-7(12)4-11(2)8(13)5-3-6(5)9/h5-6H,3-4,9H2,1-2H3,(H,10,12). The molecule has 5 nitrogen and oxygen atoms in total. The van der Waals surface area contributed by atoms with Crippen molar-refractivity contribution in [2.24, 2.45) is 11.7 Å². The van der Waals surface area contributed by atoms with Gasteiger partial charge in [-0.3, -0.25) is 9.59 Å². The lowest BCUT2D eigenvalue weighted by Gasteiger charge is -2.15. The topological polar surface area (TPSA) is 75.4 Å². The molecule has 0 aromatic heterocycles. The smallest absolute Gasteiger partial charge is 0.239 e. The van der Waals surface area contributed by atoms with Gasteiger partial charge in [0.15, 0.2) is 0 Å². The Morgan fingerprint density at radius 2 is 2.15 bits per heavy atom. The second kappa shape index (κ2) is 3.74. The molecule has 1 rings (SSSR count). The largest absolute Gasteiger partial charge is 0.358 e. The maximum atomic E-state index is 11.4. The van der Waals surface area contributed by atoms with E-state index in [1.165, 1.54) is 4.90 Å². The molecule has 0 radical (unpaired) electrons. The molecule has 1 fully saturated rings. The van der Waals surface area contributed by atoms with Gasteiger partial charge in [0.05, 0.1) is 12.5 Å². The van der Waals surface area contributed by atoms with E-state index in [4.69, 9.17) is 5.73 Å². The first-order valence-corrected chi connectivity index (χ1v) is 4.27. The van der Waals surface area contributed by atoms with E-state index in [0.29, 0.717) is 0 Å². The summed E-state index contributed by atoms with van der Waals surface area (Å²) < 4.78 is 0. The van der Waals surface area contributed by atoms with E-state index in [1.807, 2.05) is 0 Å². The molecule has 74 valence electrons. The highest BCUT2D eigenvalue weighted by molar-refractivity contribution is 5.87. The SMILES string of the molecule is CNC(=O)CN(C)C(=O)C1CC1N. The Morgan fingerprint density at radius 1 is 1.62 bits per heavy atom. The minimum atomic E-state index is -0.162. The molecule has 2 atom stereocenters. The van der Waals surface area contributed by atoms with E-state index in [2.05, 4.69) is 5.32 Å². The third-order valence-corrected chi connectivity index (χ3v) is 2.19. The first-order valence-electron chi connectivity index (χ1n) is 4.27. The number of rotatable bonds is 3. The summed E-state index contributed by atoms with van der Waals surface area (Å²) in [5, 5.41) is 2.46. The fourth-order valence-corrected chi connectivity index (χ4v) is 1.15. The molecule has 1 aliphatic rings. The Morgan fingerprint density at radius 3 is 2.54 bits per heavy atom. The number of likely N-dealkylation sites (N-methyl/N-ethyl adjacent to an activating group) is 2. The molecule has 0 heterocycles. The van der Waals surface area contributed by atoms with E-state index in [-0.39, 0.29) is 30.3 Å². The van der Waals surface area contributed by atoms with Gasteiger partial charge in [0.2, 0.25) is 11.8 Å². The van der Waals surface area contributed by atoms with Gasteiger partial charge in [-0.1, -0.05) is 0 Å². The number of hydrogen-bond acceptors (Lipinski definition) is 3. The van der Waals surface area contributed by atoms with Crippen LogP contribution in [0.25, 0.3) is 0 Å². The Kier molecular flexibility index (Phi) is 2.87. The molecule has 0 spiro atoms. The molecule has 1 aliphatic carbocycles. The predicted octanol–water partition coefficient (Wildman–Crippen LogP) is -1.46. The van der Waals surface area contributed by atoms with Gasteiger partial charge in [-0.2, -0.15) is 0 Å². The summed E-state index contributed by atoms with van der Waals surface area (Å²) in [4.78, 5) is 23.8. The van der Waals surface area contributed by atoms with Gasteiger partial charge in [-0.25, -0.2) is 0 Å². The number of nitrogens with one attached hydrogen (secondary N) is 1. The van der Waals surface area contributed by atoms with Crippen molar-refractivity contribution in [3.05, 3.63) is 0 Å². The van der Waals surface area contributed by atoms with Crippen LogP contribution in [0.15, 0.2) is 0 Å². The van der Waals surface area contributed by atoms with Crippen LogP contribution in [-0.4, -0.2) is 43.4 Å². The van der Waals surface area contributed by atoms with Gasteiger partial charge in [-0.05, 0) is 6.42 Å². The fraction of sp³-hybridized carbons (Fsp3) is 0.750. The van der Waals surface area contributed by atoms with Crippen molar-refractivity contribution in [1.82, 2.24) is 10.2 Å². The van der Waals surface area contributed by atoms with Gasteiger partial charge in [0.1, 0.15) is 0 Å². The van der Waals surface area contributed by atoms with Gasteiger partial charge in [-0.15, -0.1) is 0 Å². The molecule has 0 aromatic carbocycles. The summed E-state index contributed by atoms with van der Waals surface area (Å²) in [5.74, 6) is -0.254. The Labute approximate surface area is 77.3 Å². The zero-order chi connectivity index (χ0) is 10.0. The Bertz CT molecular complexity index is 229. The van der Waals surface area contributed by atoms with Crippen LogP contribution in [0.5, 0.6) is 0 Å². The molecule has 0 aromatic rings. The van der Waals surface area contributed by atoms with Crippen molar-refractivity contribution < 1.29 is 9.59 Å². The van der Waals surface area contributed by atoms with E-state index < -0.39 is 0 Å². The molecule has 0 aliphatic heterocycles. The van der Waals surface area contributed by atoms with Gasteiger partial charge >= 0.3 is 0 Å². The van der Waals surface area contributed by atoms with Crippen molar-refractivity contribution in [3.63, 3.8) is 0 Å². The molecule has 3 N–H and O–H groups in total. The van der Waals surface area contributed by atoms with Gasteiger partial charge < -0.3 is 16.0 Å². The Hall–Kier alpha value is -1.10. The van der Waals surface area contributed by atoms with Crippen LogP contribution < -0.4 is 11.1 Å². The van der Waals surface area contributed by atoms with Crippen LogP contribution in [-0.2, 0) is 9.59 Å². The maximum Gasteiger partial charge on any atom is 0.239 e. The van der Waals surface area contributed by atoms with Crippen molar-refractivity contribution >= 4 is 11.8 Å². The van der Waals surface area contributed by atoms with Crippen LogP contribution in [0.4, 0.5) is 0 Å². The van der Waals surface area contributed by atoms with Crippen LogP contribution in [0.3, 0.4) is 0 Å². The predicted molar refractivity (Wildman–Crippen MR) is 47.8 cm³/mol. The molecule has 2 unspecified atom stereocenters. The minimum Gasteiger partial charge on any atom is -0.358 e. The lowest BCUT2D eigenvalue weighted by Crippen LogP contribution is -2.38. The summed E-state index contributed by atoms with van der Waals surface area (Å²) in [7, 11) is 3.16. The number of carbonyl (C=O) groups is 2. The summed E-state index contributed by atoms with van der Waals surface area (Å²) in [6.45, 7) is 0.110. The Balaban J connectivity index is 2.34. The molecule has 0 bridgehead atoms. The van der Waals surface area contributed by atoms with Gasteiger partial charge in [0.25, 0.3) is 0 Å². The highest BCUT2D eigenvalue weighted by Gasteiger charge is 2.41. The van der Waals surface area contributed by atoms with Crippen molar-refractivity contribution in [1.29, 1.82) is 0 Å². The van der Waals surface area contributed by atoms with Crippen LogP contribution in [0, 0.1) is 5.92 Å². The number of hydrogen-bond donors (Lipinski definition) is 2. The van der Waals surface area contributed by atoms with Crippen LogP contribution >= 0.6 is 0 Å². The first kappa shape index (κ1) is 9.98. The zero-order valence-corrected chi connectivity index (χ0v) is 7.91. The van der Waals surface area contributed by atoms with E-state index in [0.717, 1.165) is 6.42 Å². The highest BCUT2D eigenvalue weighted by Crippen LogP contribution is 2.29. The number of nitrogens with two attached hydrogens (primary N) is 1. The molecule has 13 heavy (non-hydrogen) atoms. The second-order valence-electron chi connectivity index (χ2n) is 3.37. The fourth-order valence-electron chi connectivity index (χ4n) is 1.15. The normalized spacial score (nSPS) is 25.2. The van der Waals surface area contributed by atoms with Crippen LogP contribution in [0.2, 0.25) is 0 Å². The van der Waals surface area contributed by atoms with E-state index in [9.17, 15) is 9.59 Å². The minimum absolute atomic E-state index is 0.000335. The lowest BCUT2D eigenvalue weighted by molar-refractivity contribution is -0.135. The average molecular weight is 185 g/mol. The van der Waals surface area contributed by atoms with Gasteiger partial charge in [0, 0.05) is 20.1 Å². The lowest BCUT2D eigenvalue weighted by atomic mass is 10.3. The second-order valence-corrected chi connectivity index (χ2v) is 3.37. The number of amides is 2. The third kappa shape index (κ3) is 2.42. The average Bonchev–Trinajstić information content (AvgIpc) is 2.81. The molecule has 2 amide bonds. The summed E-state index contributed by atoms with van der Waals surface area (Å²) in [5.41, 5.74) is 5.52. The zero-order valence-electron chi connectivity index (χ0n) is 7.91. The number of nitrogens with zero attached hydrogens (tertiary/aromatic N) is 1. The van der Waals surface area contributed by atoms with Crippen molar-refractivity contribution in [2.45, 2.75) is 12.5 Å². The van der Waals surface area contributed by atoms with E-state index in [1.54, 1.807) is 14.1 Å². The van der Waals surface area contributed by atoms with Crippen molar-refractivity contribution in [2.75, 3.05) is 20.6 Å². The highest BCUT2D eigenvalue weighted by atomic mass is 16.2. The summed E-state index contributed by atoms with van der Waals surface area (Å²) >= 11 is 0. The van der Waals surface area contributed by atoms with Crippen molar-refractivity contribution in [3.8, 4) is 0 Å². The molecular formula is C8H15N3O2. The number of carbonyl (C=O) groups excluding carboxylic acids is 2. The van der Waals surface area contributed by atoms with Crippen LogP contribution in [0.1, 0.15) is 6.42 Å². The summed E-state index contributed by atoms with van der Waals surface area (Å²) in [6.07, 6.45) is 0.747. The summed E-state index contributed by atoms with van der Waals surface area (Å²) in [6, 6.07) is -0.000335. The molecular weight excluding hydrogens is 170 g/mol.